The monoisotopic (exact) mass is 380 g/mol. The molecule has 0 saturated carbocycles. The third-order valence-corrected chi connectivity index (χ3v) is 3.58. The van der Waals surface area contributed by atoms with Crippen LogP contribution in [0.4, 0.5) is 10.5 Å². The summed E-state index contributed by atoms with van der Waals surface area (Å²) in [5, 5.41) is 6.37. The van der Waals surface area contributed by atoms with E-state index in [0.717, 1.165) is 5.69 Å². The number of likely N-dealkylation sites (N-methyl/N-ethyl adjacent to an activating group) is 1. The Morgan fingerprint density at radius 3 is 2.37 bits per heavy atom. The number of amides is 1. The zero-order valence-corrected chi connectivity index (χ0v) is 17.4. The van der Waals surface area contributed by atoms with Gasteiger partial charge in [0.1, 0.15) is 5.60 Å². The lowest BCUT2D eigenvalue weighted by Crippen LogP contribution is -2.42. The average molecular weight is 380 g/mol. The first-order chi connectivity index (χ1) is 12.7. The Bertz CT molecular complexity index is 641. The van der Waals surface area contributed by atoms with Crippen LogP contribution in [0.2, 0.25) is 0 Å². The van der Waals surface area contributed by atoms with Crippen molar-refractivity contribution in [3.05, 3.63) is 18.2 Å². The summed E-state index contributed by atoms with van der Waals surface area (Å²) < 4.78 is 15.9. The molecule has 0 unspecified atom stereocenters. The Morgan fingerprint density at radius 1 is 1.19 bits per heavy atom. The number of aliphatic imine (C=N–C) groups is 1. The molecule has 0 aromatic heterocycles. The van der Waals surface area contributed by atoms with E-state index in [0.29, 0.717) is 37.1 Å². The molecule has 0 radical (unpaired) electrons. The Hall–Kier alpha value is -2.64. The predicted octanol–water partition coefficient (Wildman–Crippen LogP) is 2.95. The lowest BCUT2D eigenvalue weighted by molar-refractivity contribution is 0.0264. The van der Waals surface area contributed by atoms with E-state index in [2.05, 4.69) is 15.6 Å². The maximum Gasteiger partial charge on any atom is 0.410 e. The zero-order chi connectivity index (χ0) is 20.4. The van der Waals surface area contributed by atoms with Crippen LogP contribution in [0.3, 0.4) is 0 Å². The third-order valence-electron chi connectivity index (χ3n) is 3.58. The van der Waals surface area contributed by atoms with Gasteiger partial charge in [0.05, 0.1) is 14.2 Å². The molecule has 27 heavy (non-hydrogen) atoms. The van der Waals surface area contributed by atoms with E-state index in [1.807, 2.05) is 45.9 Å². The molecule has 1 amide bonds. The number of hydrogen-bond acceptors (Lipinski definition) is 5. The molecule has 0 heterocycles. The molecular weight excluding hydrogens is 348 g/mol. The van der Waals surface area contributed by atoms with E-state index in [1.54, 1.807) is 26.2 Å². The minimum absolute atomic E-state index is 0.324. The fraction of sp³-hybridized carbons (Fsp3) is 0.579. The number of benzene rings is 1. The van der Waals surface area contributed by atoms with Gasteiger partial charge in [-0.15, -0.1) is 0 Å². The highest BCUT2D eigenvalue weighted by Crippen LogP contribution is 2.29. The number of methoxy groups -OCH3 is 2. The van der Waals surface area contributed by atoms with Gasteiger partial charge in [0.15, 0.2) is 17.5 Å². The van der Waals surface area contributed by atoms with Gasteiger partial charge in [-0.3, -0.25) is 4.99 Å². The van der Waals surface area contributed by atoms with Gasteiger partial charge in [-0.05, 0) is 39.8 Å². The van der Waals surface area contributed by atoms with Crippen LogP contribution in [0.1, 0.15) is 27.7 Å². The Labute approximate surface area is 161 Å². The molecule has 1 rings (SSSR count). The van der Waals surface area contributed by atoms with Gasteiger partial charge in [0.2, 0.25) is 0 Å². The molecule has 0 bridgehead atoms. The quantitative estimate of drug-likeness (QED) is 0.559. The van der Waals surface area contributed by atoms with Crippen molar-refractivity contribution < 1.29 is 19.0 Å². The predicted molar refractivity (Wildman–Crippen MR) is 108 cm³/mol. The molecule has 0 aliphatic carbocycles. The number of rotatable bonds is 7. The van der Waals surface area contributed by atoms with Crippen molar-refractivity contribution in [2.45, 2.75) is 33.3 Å². The molecule has 0 saturated heterocycles. The van der Waals surface area contributed by atoms with Crippen molar-refractivity contribution in [2.24, 2.45) is 4.99 Å². The van der Waals surface area contributed by atoms with Gasteiger partial charge in [-0.25, -0.2) is 4.79 Å². The first-order valence-corrected chi connectivity index (χ1v) is 8.91. The van der Waals surface area contributed by atoms with Crippen LogP contribution in [0.5, 0.6) is 11.5 Å². The molecule has 0 aliphatic heterocycles. The largest absolute Gasteiger partial charge is 0.493 e. The van der Waals surface area contributed by atoms with Gasteiger partial charge in [-0.1, -0.05) is 0 Å². The highest BCUT2D eigenvalue weighted by molar-refractivity contribution is 5.93. The topological polar surface area (TPSA) is 84.4 Å². The number of guanidine groups is 1. The first-order valence-electron chi connectivity index (χ1n) is 8.91. The molecule has 0 aliphatic rings. The summed E-state index contributed by atoms with van der Waals surface area (Å²) in [7, 11) is 4.86. The fourth-order valence-corrected chi connectivity index (χ4v) is 2.24. The van der Waals surface area contributed by atoms with E-state index in [-0.39, 0.29) is 6.09 Å². The Balaban J connectivity index is 2.60. The standard InChI is InChI=1S/C19H32N4O4/c1-8-23(18(24)27-19(2,3)4)12-11-21-17(20-5)22-14-9-10-15(25-6)16(13-14)26-7/h9-10,13H,8,11-12H2,1-7H3,(H2,20,21,22). The minimum Gasteiger partial charge on any atom is -0.493 e. The Kier molecular flexibility index (Phi) is 8.71. The zero-order valence-electron chi connectivity index (χ0n) is 17.4. The second-order valence-corrected chi connectivity index (χ2v) is 6.75. The summed E-state index contributed by atoms with van der Waals surface area (Å²) in [5.41, 5.74) is 0.295. The van der Waals surface area contributed by atoms with Gasteiger partial charge < -0.3 is 29.7 Å². The van der Waals surface area contributed by atoms with Crippen molar-refractivity contribution in [3.63, 3.8) is 0 Å². The molecule has 1 aromatic rings. The maximum absolute atomic E-state index is 12.2. The summed E-state index contributed by atoms with van der Waals surface area (Å²) in [6.07, 6.45) is -0.324. The number of hydrogen-bond donors (Lipinski definition) is 2. The number of anilines is 1. The van der Waals surface area contributed by atoms with Crippen LogP contribution in [-0.2, 0) is 4.74 Å². The van der Waals surface area contributed by atoms with Gasteiger partial charge in [0.25, 0.3) is 0 Å². The number of nitrogens with zero attached hydrogens (tertiary/aromatic N) is 2. The minimum atomic E-state index is -0.511. The van der Waals surface area contributed by atoms with E-state index < -0.39 is 5.60 Å². The number of carbonyl (C=O) groups excluding carboxylic acids is 1. The lowest BCUT2D eigenvalue weighted by Gasteiger charge is -2.26. The number of nitrogens with one attached hydrogen (secondary N) is 2. The first kappa shape index (κ1) is 22.4. The van der Waals surface area contributed by atoms with Crippen LogP contribution < -0.4 is 20.1 Å². The Morgan fingerprint density at radius 2 is 1.85 bits per heavy atom. The van der Waals surface area contributed by atoms with Crippen molar-refractivity contribution >= 4 is 17.7 Å². The fourth-order valence-electron chi connectivity index (χ4n) is 2.24. The highest BCUT2D eigenvalue weighted by atomic mass is 16.6. The molecule has 1 aromatic carbocycles. The van der Waals surface area contributed by atoms with Crippen LogP contribution in [0.25, 0.3) is 0 Å². The third kappa shape index (κ3) is 7.64. The van der Waals surface area contributed by atoms with Gasteiger partial charge in [0, 0.05) is 38.4 Å². The summed E-state index contributed by atoms with van der Waals surface area (Å²) in [4.78, 5) is 18.0. The molecule has 8 heteroatoms. The molecule has 0 fully saturated rings. The normalized spacial score (nSPS) is 11.6. The molecule has 8 nitrogen and oxygen atoms in total. The van der Waals surface area contributed by atoms with Crippen molar-refractivity contribution in [1.29, 1.82) is 0 Å². The number of ether oxygens (including phenoxy) is 3. The van der Waals surface area contributed by atoms with Crippen LogP contribution in [-0.4, -0.2) is 63.5 Å². The summed E-state index contributed by atoms with van der Waals surface area (Å²) in [6.45, 7) is 9.07. The van der Waals surface area contributed by atoms with E-state index in [4.69, 9.17) is 14.2 Å². The molecule has 152 valence electrons. The van der Waals surface area contributed by atoms with E-state index >= 15 is 0 Å². The van der Waals surface area contributed by atoms with Crippen LogP contribution in [0, 0.1) is 0 Å². The molecule has 0 atom stereocenters. The lowest BCUT2D eigenvalue weighted by atomic mass is 10.2. The van der Waals surface area contributed by atoms with Crippen molar-refractivity contribution in [3.8, 4) is 11.5 Å². The van der Waals surface area contributed by atoms with Crippen molar-refractivity contribution in [1.82, 2.24) is 10.2 Å². The summed E-state index contributed by atoms with van der Waals surface area (Å²) in [5.74, 6) is 1.87. The van der Waals surface area contributed by atoms with E-state index in [1.165, 1.54) is 0 Å². The second-order valence-electron chi connectivity index (χ2n) is 6.75. The van der Waals surface area contributed by atoms with E-state index in [9.17, 15) is 4.79 Å². The van der Waals surface area contributed by atoms with Gasteiger partial charge in [-0.2, -0.15) is 0 Å². The van der Waals surface area contributed by atoms with Gasteiger partial charge >= 0.3 is 6.09 Å². The molecule has 2 N–H and O–H groups in total. The highest BCUT2D eigenvalue weighted by Gasteiger charge is 2.20. The SMILES string of the molecule is CCN(CCNC(=NC)Nc1ccc(OC)c(OC)c1)C(=O)OC(C)(C)C. The smallest absolute Gasteiger partial charge is 0.410 e. The number of carbonyl (C=O) groups is 1. The van der Waals surface area contributed by atoms with Crippen LogP contribution in [0.15, 0.2) is 23.2 Å². The summed E-state index contributed by atoms with van der Waals surface area (Å²) >= 11 is 0. The van der Waals surface area contributed by atoms with Crippen molar-refractivity contribution in [2.75, 3.05) is 46.2 Å². The second kappa shape index (κ2) is 10.5. The van der Waals surface area contributed by atoms with Crippen LogP contribution >= 0.6 is 0 Å². The molecule has 0 spiro atoms. The maximum atomic E-state index is 12.2. The summed E-state index contributed by atoms with van der Waals surface area (Å²) in [6, 6.07) is 5.51. The molecular formula is C19H32N4O4. The average Bonchev–Trinajstić information content (AvgIpc) is 2.62.